The molecule has 0 amide bonds. The van der Waals surface area contributed by atoms with E-state index in [0.29, 0.717) is 5.75 Å². The molecule has 9 aromatic carbocycles. The monoisotopic (exact) mass is 736 g/mol. The number of ether oxygens (including phenoxy) is 2. The van der Waals surface area contributed by atoms with Gasteiger partial charge in [-0.05, 0) is 139 Å². The molecule has 57 heavy (non-hydrogen) atoms. The molecule has 3 heteroatoms. The van der Waals surface area contributed by atoms with Gasteiger partial charge in [-0.25, -0.2) is 0 Å². The van der Waals surface area contributed by atoms with Crippen molar-refractivity contribution in [2.45, 2.75) is 17.9 Å². The fourth-order valence-electron chi connectivity index (χ4n) is 8.97. The summed E-state index contributed by atoms with van der Waals surface area (Å²) in [5, 5.41) is 17.3. The van der Waals surface area contributed by atoms with Crippen LogP contribution >= 0.6 is 0 Å². The van der Waals surface area contributed by atoms with Gasteiger partial charge >= 0.3 is 0 Å². The predicted molar refractivity (Wildman–Crippen MR) is 232 cm³/mol. The zero-order valence-corrected chi connectivity index (χ0v) is 31.8. The van der Waals surface area contributed by atoms with E-state index >= 15 is 0 Å². The Hall–Kier alpha value is -6.94. The van der Waals surface area contributed by atoms with E-state index < -0.39 is 11.0 Å². The molecule has 0 aromatic heterocycles. The van der Waals surface area contributed by atoms with E-state index in [1.807, 2.05) is 78.9 Å². The van der Waals surface area contributed by atoms with Gasteiger partial charge in [-0.2, -0.15) is 0 Å². The Bertz CT molecular complexity index is 2810. The standard InChI is InChI=1S/C54H40O3/c1-36-16-18-41(19-17-36)53(51-34-39-12-8-6-10-37(39)32-49(51)50-33-38-11-7-9-13-40(38)35-52(50)53)42-20-28-47(29-21-42)57-48-30-24-45(25-31-48)54(55,43-14-4-3-5-15-43)44-22-26-46(56-2)27-23-44/h3-35,55H,1-2H3. The van der Waals surface area contributed by atoms with Crippen LogP contribution in [-0.2, 0) is 11.0 Å². The first kappa shape index (κ1) is 34.5. The number of aliphatic hydroxyl groups is 1. The molecule has 0 heterocycles. The molecule has 0 radical (unpaired) electrons. The van der Waals surface area contributed by atoms with Gasteiger partial charge in [-0.15, -0.1) is 0 Å². The second-order valence-corrected chi connectivity index (χ2v) is 15.1. The lowest BCUT2D eigenvalue weighted by atomic mass is 9.67. The van der Waals surface area contributed by atoms with Gasteiger partial charge < -0.3 is 14.6 Å². The summed E-state index contributed by atoms with van der Waals surface area (Å²) in [6.45, 7) is 2.15. The highest BCUT2D eigenvalue weighted by atomic mass is 16.5. The van der Waals surface area contributed by atoms with Crippen LogP contribution in [0.1, 0.15) is 44.5 Å². The van der Waals surface area contributed by atoms with Crippen molar-refractivity contribution in [1.29, 1.82) is 0 Å². The number of hydrogen-bond donors (Lipinski definition) is 1. The average molecular weight is 737 g/mol. The summed E-state index contributed by atoms with van der Waals surface area (Å²) in [6, 6.07) is 69.6. The average Bonchev–Trinajstić information content (AvgIpc) is 3.54. The van der Waals surface area contributed by atoms with Crippen LogP contribution in [-0.4, -0.2) is 12.2 Å². The molecule has 0 aliphatic heterocycles. The van der Waals surface area contributed by atoms with Crippen molar-refractivity contribution in [1.82, 2.24) is 0 Å². The SMILES string of the molecule is COc1ccc(C(O)(c2ccccc2)c2ccc(Oc3ccc(C4(c5ccc(C)cc5)c5cc6ccccc6cc5-c5cc6ccccc6cc54)cc3)cc2)cc1. The lowest BCUT2D eigenvalue weighted by molar-refractivity contribution is 0.125. The van der Waals surface area contributed by atoms with Gasteiger partial charge in [0.05, 0.1) is 12.5 Å². The van der Waals surface area contributed by atoms with E-state index in [4.69, 9.17) is 9.47 Å². The molecule has 1 unspecified atom stereocenters. The third kappa shape index (κ3) is 5.62. The minimum Gasteiger partial charge on any atom is -0.497 e. The molecule has 0 saturated carbocycles. The third-order valence-electron chi connectivity index (χ3n) is 11.8. The summed E-state index contributed by atoms with van der Waals surface area (Å²) in [6.07, 6.45) is 0. The summed E-state index contributed by atoms with van der Waals surface area (Å²) in [4.78, 5) is 0. The highest BCUT2D eigenvalue weighted by molar-refractivity contribution is 6.00. The van der Waals surface area contributed by atoms with E-state index in [1.54, 1.807) is 7.11 Å². The Kier molecular flexibility index (Phi) is 8.28. The van der Waals surface area contributed by atoms with Crippen LogP contribution in [0.3, 0.4) is 0 Å². The molecular formula is C54H40O3. The third-order valence-corrected chi connectivity index (χ3v) is 11.8. The van der Waals surface area contributed by atoms with Gasteiger partial charge in [0.25, 0.3) is 0 Å². The summed E-state index contributed by atoms with van der Waals surface area (Å²) in [7, 11) is 1.64. The second kappa shape index (κ2) is 13.7. The number of aryl methyl sites for hydroxylation is 1. The Balaban J connectivity index is 1.06. The first-order chi connectivity index (χ1) is 27.9. The molecule has 10 rings (SSSR count). The molecule has 0 saturated heterocycles. The molecular weight excluding hydrogens is 697 g/mol. The molecule has 3 nitrogen and oxygen atoms in total. The van der Waals surface area contributed by atoms with E-state index in [0.717, 1.165) is 28.2 Å². The topological polar surface area (TPSA) is 38.7 Å². The van der Waals surface area contributed by atoms with Crippen LogP contribution in [0.25, 0.3) is 32.7 Å². The molecule has 9 aromatic rings. The quantitative estimate of drug-likeness (QED) is 0.158. The smallest absolute Gasteiger partial charge is 0.140 e. The van der Waals surface area contributed by atoms with Crippen molar-refractivity contribution < 1.29 is 14.6 Å². The first-order valence-electron chi connectivity index (χ1n) is 19.4. The number of rotatable bonds is 8. The van der Waals surface area contributed by atoms with Gasteiger partial charge in [0.15, 0.2) is 0 Å². The molecule has 1 aliphatic carbocycles. The van der Waals surface area contributed by atoms with E-state index in [1.165, 1.54) is 60.5 Å². The van der Waals surface area contributed by atoms with Crippen LogP contribution in [0.5, 0.6) is 17.2 Å². The number of fused-ring (bicyclic) bond motifs is 5. The van der Waals surface area contributed by atoms with Crippen molar-refractivity contribution in [2.24, 2.45) is 0 Å². The van der Waals surface area contributed by atoms with Crippen LogP contribution in [0.4, 0.5) is 0 Å². The fraction of sp³-hybridized carbons (Fsp3) is 0.0741. The fourth-order valence-corrected chi connectivity index (χ4v) is 8.97. The molecule has 0 bridgehead atoms. The second-order valence-electron chi connectivity index (χ2n) is 15.1. The number of benzene rings is 9. The Morgan fingerprint density at radius 2 is 0.807 bits per heavy atom. The highest BCUT2D eigenvalue weighted by Crippen LogP contribution is 2.58. The van der Waals surface area contributed by atoms with Crippen LogP contribution < -0.4 is 9.47 Å². The Morgan fingerprint density at radius 1 is 0.421 bits per heavy atom. The number of hydrogen-bond acceptors (Lipinski definition) is 3. The molecule has 1 N–H and O–H groups in total. The lowest BCUT2D eigenvalue weighted by Gasteiger charge is -2.34. The van der Waals surface area contributed by atoms with Crippen LogP contribution in [0, 0.1) is 6.92 Å². The molecule has 274 valence electrons. The highest BCUT2D eigenvalue weighted by Gasteiger charge is 2.46. The van der Waals surface area contributed by atoms with E-state index in [-0.39, 0.29) is 0 Å². The maximum Gasteiger partial charge on any atom is 0.140 e. The van der Waals surface area contributed by atoms with E-state index in [2.05, 4.69) is 128 Å². The van der Waals surface area contributed by atoms with E-state index in [9.17, 15) is 5.11 Å². The van der Waals surface area contributed by atoms with Gasteiger partial charge in [0.1, 0.15) is 22.8 Å². The zero-order valence-electron chi connectivity index (χ0n) is 31.8. The number of methoxy groups -OCH3 is 1. The van der Waals surface area contributed by atoms with Crippen molar-refractivity contribution in [3.8, 4) is 28.4 Å². The zero-order chi connectivity index (χ0) is 38.6. The summed E-state index contributed by atoms with van der Waals surface area (Å²) >= 11 is 0. The van der Waals surface area contributed by atoms with Crippen LogP contribution in [0.2, 0.25) is 0 Å². The van der Waals surface area contributed by atoms with Crippen molar-refractivity contribution in [2.75, 3.05) is 7.11 Å². The maximum atomic E-state index is 12.4. The Labute approximate surface area is 333 Å². The molecule has 0 spiro atoms. The van der Waals surface area contributed by atoms with Gasteiger partial charge in [0.2, 0.25) is 0 Å². The summed E-state index contributed by atoms with van der Waals surface area (Å²) < 4.78 is 11.9. The largest absolute Gasteiger partial charge is 0.497 e. The van der Waals surface area contributed by atoms with Crippen molar-refractivity contribution in [3.63, 3.8) is 0 Å². The lowest BCUT2D eigenvalue weighted by Crippen LogP contribution is -2.28. The summed E-state index contributed by atoms with van der Waals surface area (Å²) in [5.41, 5.74) is 9.04. The predicted octanol–water partition coefficient (Wildman–Crippen LogP) is 12.7. The molecule has 1 atom stereocenters. The van der Waals surface area contributed by atoms with Gasteiger partial charge in [-0.3, -0.25) is 0 Å². The maximum absolute atomic E-state index is 12.4. The van der Waals surface area contributed by atoms with Crippen molar-refractivity contribution >= 4 is 21.5 Å². The van der Waals surface area contributed by atoms with Gasteiger partial charge in [0, 0.05) is 0 Å². The summed E-state index contributed by atoms with van der Waals surface area (Å²) in [5.74, 6) is 2.14. The molecule has 0 fully saturated rings. The minimum atomic E-state index is -1.37. The molecule has 1 aliphatic rings. The minimum absolute atomic E-state index is 0.560. The van der Waals surface area contributed by atoms with Crippen LogP contribution in [0.15, 0.2) is 200 Å². The Morgan fingerprint density at radius 3 is 1.28 bits per heavy atom. The van der Waals surface area contributed by atoms with Crippen molar-refractivity contribution in [3.05, 3.63) is 245 Å². The normalized spacial score (nSPS) is 13.8. The van der Waals surface area contributed by atoms with Gasteiger partial charge in [-0.1, -0.05) is 145 Å². The first-order valence-corrected chi connectivity index (χ1v) is 19.4.